The van der Waals surface area contributed by atoms with Gasteiger partial charge in [0.2, 0.25) is 0 Å². The second-order valence-corrected chi connectivity index (χ2v) is 4.83. The molecule has 0 spiro atoms. The average molecular weight is 193 g/mol. The molecule has 14 heavy (non-hydrogen) atoms. The van der Waals surface area contributed by atoms with Gasteiger partial charge in [0, 0.05) is 0 Å². The largest absolute Gasteiger partial charge is 0.313 e. The summed E-state index contributed by atoms with van der Waals surface area (Å²) in [6.07, 6.45) is 0. The van der Waals surface area contributed by atoms with Crippen molar-refractivity contribution in [1.82, 2.24) is 5.06 Å². The SMILES string of the molecule is CC1(C)[C@H](C#N)[C@H](C#N)C(C)(C)N1O. The average Bonchev–Trinajstić information content (AvgIpc) is 2.22. The van der Waals surface area contributed by atoms with Gasteiger partial charge in [0.15, 0.2) is 0 Å². The first-order valence-electron chi connectivity index (χ1n) is 4.58. The van der Waals surface area contributed by atoms with Crippen molar-refractivity contribution in [2.24, 2.45) is 11.8 Å². The minimum absolute atomic E-state index is 0.465. The molecule has 0 unspecified atom stereocenters. The summed E-state index contributed by atoms with van der Waals surface area (Å²) in [5.74, 6) is -0.931. The zero-order valence-corrected chi connectivity index (χ0v) is 8.94. The maximum Gasteiger partial charge on any atom is 0.0841 e. The summed E-state index contributed by atoms with van der Waals surface area (Å²) in [5.41, 5.74) is -1.34. The minimum atomic E-state index is -0.668. The van der Waals surface area contributed by atoms with Crippen molar-refractivity contribution in [2.75, 3.05) is 0 Å². The Morgan fingerprint density at radius 2 is 1.29 bits per heavy atom. The van der Waals surface area contributed by atoms with E-state index in [4.69, 9.17) is 10.5 Å². The van der Waals surface area contributed by atoms with Gasteiger partial charge >= 0.3 is 0 Å². The summed E-state index contributed by atoms with van der Waals surface area (Å²) in [4.78, 5) is 0. The molecule has 0 amide bonds. The third kappa shape index (κ3) is 1.12. The lowest BCUT2D eigenvalue weighted by Gasteiger charge is -2.34. The normalized spacial score (nSPS) is 34.8. The first kappa shape index (κ1) is 11.0. The van der Waals surface area contributed by atoms with E-state index < -0.39 is 22.9 Å². The Balaban J connectivity index is 3.24. The molecule has 0 aliphatic carbocycles. The number of nitriles is 2. The molecule has 0 aromatic heterocycles. The lowest BCUT2D eigenvalue weighted by molar-refractivity contribution is -0.197. The van der Waals surface area contributed by atoms with Gasteiger partial charge < -0.3 is 5.21 Å². The van der Waals surface area contributed by atoms with Crippen molar-refractivity contribution >= 4 is 0 Å². The Morgan fingerprint density at radius 1 is 1.00 bits per heavy atom. The third-order valence-electron chi connectivity index (χ3n) is 3.23. The molecule has 1 rings (SSSR count). The van der Waals surface area contributed by atoms with Crippen molar-refractivity contribution in [3.05, 3.63) is 0 Å². The lowest BCUT2D eigenvalue weighted by atomic mass is 9.79. The molecule has 1 fully saturated rings. The van der Waals surface area contributed by atoms with Gasteiger partial charge in [-0.3, -0.25) is 0 Å². The summed E-state index contributed by atoms with van der Waals surface area (Å²) >= 11 is 0. The highest BCUT2D eigenvalue weighted by molar-refractivity contribution is 5.20. The minimum Gasteiger partial charge on any atom is -0.313 e. The summed E-state index contributed by atoms with van der Waals surface area (Å²) in [6.45, 7) is 7.11. The highest BCUT2D eigenvalue weighted by Gasteiger charge is 2.59. The topological polar surface area (TPSA) is 71.0 Å². The number of hydroxylamine groups is 2. The molecule has 76 valence electrons. The Morgan fingerprint density at radius 3 is 1.50 bits per heavy atom. The van der Waals surface area contributed by atoms with E-state index in [1.54, 1.807) is 27.7 Å². The predicted octanol–water partition coefficient (Wildman–Crippen LogP) is 1.53. The van der Waals surface area contributed by atoms with Gasteiger partial charge in [-0.2, -0.15) is 15.6 Å². The van der Waals surface area contributed by atoms with Gasteiger partial charge in [-0.15, -0.1) is 0 Å². The second kappa shape index (κ2) is 2.95. The van der Waals surface area contributed by atoms with E-state index in [1.807, 2.05) is 0 Å². The molecule has 0 aromatic rings. The Hall–Kier alpha value is -1.10. The fourth-order valence-corrected chi connectivity index (χ4v) is 2.29. The van der Waals surface area contributed by atoms with E-state index in [9.17, 15) is 5.21 Å². The van der Waals surface area contributed by atoms with Crippen LogP contribution in [0.25, 0.3) is 0 Å². The van der Waals surface area contributed by atoms with Crippen molar-refractivity contribution in [2.45, 2.75) is 38.8 Å². The van der Waals surface area contributed by atoms with Crippen LogP contribution in [0.4, 0.5) is 0 Å². The van der Waals surface area contributed by atoms with E-state index in [0.717, 1.165) is 5.06 Å². The highest BCUT2D eigenvalue weighted by atomic mass is 16.5. The van der Waals surface area contributed by atoms with E-state index in [0.29, 0.717) is 0 Å². The third-order valence-corrected chi connectivity index (χ3v) is 3.23. The number of rotatable bonds is 0. The zero-order chi connectivity index (χ0) is 11.1. The van der Waals surface area contributed by atoms with E-state index in [1.165, 1.54) is 0 Å². The molecule has 1 N–H and O–H groups in total. The summed E-state index contributed by atoms with van der Waals surface area (Å²) in [7, 11) is 0. The van der Waals surface area contributed by atoms with Crippen molar-refractivity contribution in [1.29, 1.82) is 10.5 Å². The van der Waals surface area contributed by atoms with E-state index >= 15 is 0 Å². The maximum absolute atomic E-state index is 9.92. The fourth-order valence-electron chi connectivity index (χ4n) is 2.29. The summed E-state index contributed by atoms with van der Waals surface area (Å²) < 4.78 is 0. The second-order valence-electron chi connectivity index (χ2n) is 4.83. The summed E-state index contributed by atoms with van der Waals surface area (Å²) in [6, 6.07) is 4.23. The molecule has 0 radical (unpaired) electrons. The van der Waals surface area contributed by atoms with Crippen LogP contribution < -0.4 is 0 Å². The van der Waals surface area contributed by atoms with Crippen LogP contribution in [0, 0.1) is 34.5 Å². The van der Waals surface area contributed by atoms with Gasteiger partial charge in [-0.1, -0.05) is 0 Å². The molecule has 1 heterocycles. The van der Waals surface area contributed by atoms with Gasteiger partial charge in [-0.25, -0.2) is 0 Å². The van der Waals surface area contributed by atoms with Gasteiger partial charge in [0.25, 0.3) is 0 Å². The molecule has 1 aliphatic heterocycles. The molecule has 0 saturated carbocycles. The van der Waals surface area contributed by atoms with Crippen LogP contribution in [-0.4, -0.2) is 21.3 Å². The fraction of sp³-hybridized carbons (Fsp3) is 0.800. The molecule has 1 aliphatic rings. The van der Waals surface area contributed by atoms with Crippen LogP contribution in [0.3, 0.4) is 0 Å². The van der Waals surface area contributed by atoms with Crippen LogP contribution >= 0.6 is 0 Å². The first-order valence-corrected chi connectivity index (χ1v) is 4.58. The number of hydrogen-bond donors (Lipinski definition) is 1. The van der Waals surface area contributed by atoms with E-state index in [2.05, 4.69) is 12.1 Å². The molecule has 4 nitrogen and oxygen atoms in total. The standard InChI is InChI=1S/C10H15N3O/c1-9(2)7(5-11)8(6-12)10(3,4)13(9)14/h7-8,14H,1-4H3/t7-,8+. The first-order chi connectivity index (χ1) is 6.30. The molecule has 0 aromatic carbocycles. The van der Waals surface area contributed by atoms with Crippen molar-refractivity contribution < 1.29 is 5.21 Å². The Kier molecular flexibility index (Phi) is 2.31. The monoisotopic (exact) mass is 193 g/mol. The predicted molar refractivity (Wildman–Crippen MR) is 50.0 cm³/mol. The molecular weight excluding hydrogens is 178 g/mol. The molecule has 0 bridgehead atoms. The van der Waals surface area contributed by atoms with Crippen LogP contribution in [0.5, 0.6) is 0 Å². The maximum atomic E-state index is 9.92. The van der Waals surface area contributed by atoms with Crippen LogP contribution in [0.2, 0.25) is 0 Å². The molecule has 1 saturated heterocycles. The highest BCUT2D eigenvalue weighted by Crippen LogP contribution is 2.47. The van der Waals surface area contributed by atoms with E-state index in [-0.39, 0.29) is 0 Å². The Bertz CT molecular complexity index is 289. The number of nitrogens with zero attached hydrogens (tertiary/aromatic N) is 3. The molecular formula is C10H15N3O. The van der Waals surface area contributed by atoms with Gasteiger partial charge in [0.1, 0.15) is 0 Å². The van der Waals surface area contributed by atoms with Crippen molar-refractivity contribution in [3.8, 4) is 12.1 Å². The van der Waals surface area contributed by atoms with Crippen LogP contribution in [0.15, 0.2) is 0 Å². The van der Waals surface area contributed by atoms with Crippen LogP contribution in [0.1, 0.15) is 27.7 Å². The number of hydrogen-bond acceptors (Lipinski definition) is 4. The van der Waals surface area contributed by atoms with Gasteiger partial charge in [0.05, 0.1) is 35.1 Å². The molecule has 2 atom stereocenters. The zero-order valence-electron chi connectivity index (χ0n) is 8.94. The molecule has 4 heteroatoms. The summed E-state index contributed by atoms with van der Waals surface area (Å²) in [5, 5.41) is 29.1. The van der Waals surface area contributed by atoms with Gasteiger partial charge in [-0.05, 0) is 27.7 Å². The quantitative estimate of drug-likeness (QED) is 0.633. The van der Waals surface area contributed by atoms with Crippen LogP contribution in [-0.2, 0) is 0 Å². The van der Waals surface area contributed by atoms with Crippen molar-refractivity contribution in [3.63, 3.8) is 0 Å². The smallest absolute Gasteiger partial charge is 0.0841 e. The Labute approximate surface area is 84.3 Å². The lowest BCUT2D eigenvalue weighted by Crippen LogP contribution is -2.47.